The molecule has 3 fully saturated rings. The van der Waals surface area contributed by atoms with Gasteiger partial charge >= 0.3 is 0 Å². The molecular weight excluding hydrogens is 302 g/mol. The predicted molar refractivity (Wildman–Crippen MR) is 82.4 cm³/mol. The molecule has 120 valence electrons. The molecule has 4 rings (SSSR count). The van der Waals surface area contributed by atoms with Crippen molar-refractivity contribution in [1.82, 2.24) is 9.78 Å². The van der Waals surface area contributed by atoms with Crippen LogP contribution in [0.15, 0.2) is 6.07 Å². The number of anilines is 1. The number of hydrogen-bond donors (Lipinski definition) is 1. The van der Waals surface area contributed by atoms with Crippen molar-refractivity contribution in [2.24, 2.45) is 11.8 Å². The van der Waals surface area contributed by atoms with Crippen molar-refractivity contribution in [3.8, 4) is 0 Å². The summed E-state index contributed by atoms with van der Waals surface area (Å²) in [4.78, 5) is 12.2. The molecule has 22 heavy (non-hydrogen) atoms. The molecule has 0 bridgehead atoms. The highest BCUT2D eigenvalue weighted by molar-refractivity contribution is 7.91. The molecule has 3 unspecified atom stereocenters. The van der Waals surface area contributed by atoms with Crippen LogP contribution in [0, 0.1) is 11.8 Å². The maximum atomic E-state index is 12.2. The van der Waals surface area contributed by atoms with Gasteiger partial charge < -0.3 is 5.32 Å². The Bertz CT molecular complexity index is 720. The Balaban J connectivity index is 1.59. The average Bonchev–Trinajstić information content (AvgIpc) is 3.34. The molecule has 2 heterocycles. The molecule has 0 radical (unpaired) electrons. The molecule has 1 saturated heterocycles. The summed E-state index contributed by atoms with van der Waals surface area (Å²) in [6.07, 6.45) is 3.78. The molecule has 1 aromatic heterocycles. The van der Waals surface area contributed by atoms with E-state index in [2.05, 4.69) is 17.3 Å². The Morgan fingerprint density at radius 3 is 2.64 bits per heavy atom. The van der Waals surface area contributed by atoms with Gasteiger partial charge in [-0.3, -0.25) is 4.79 Å². The van der Waals surface area contributed by atoms with E-state index in [-0.39, 0.29) is 29.4 Å². The maximum Gasteiger partial charge on any atom is 0.228 e. The smallest absolute Gasteiger partial charge is 0.228 e. The molecule has 6 nitrogen and oxygen atoms in total. The lowest BCUT2D eigenvalue weighted by Crippen LogP contribution is -2.20. The zero-order valence-corrected chi connectivity index (χ0v) is 13.5. The third-order valence-corrected chi connectivity index (χ3v) is 6.75. The summed E-state index contributed by atoms with van der Waals surface area (Å²) in [7, 11) is -2.97. The highest BCUT2D eigenvalue weighted by Crippen LogP contribution is 2.42. The number of rotatable bonds is 4. The number of sulfone groups is 1. The number of nitrogens with zero attached hydrogens (tertiary/aromatic N) is 2. The number of amides is 1. The van der Waals surface area contributed by atoms with Gasteiger partial charge in [0.25, 0.3) is 0 Å². The summed E-state index contributed by atoms with van der Waals surface area (Å²) < 4.78 is 25.2. The molecule has 7 heteroatoms. The predicted octanol–water partition coefficient (Wildman–Crippen LogP) is 1.71. The van der Waals surface area contributed by atoms with Crippen LogP contribution < -0.4 is 5.32 Å². The highest BCUT2D eigenvalue weighted by Gasteiger charge is 2.40. The van der Waals surface area contributed by atoms with Crippen LogP contribution in [0.4, 0.5) is 5.82 Å². The molecule has 1 amide bonds. The molecule has 1 N–H and O–H groups in total. The first-order valence-corrected chi connectivity index (χ1v) is 9.86. The normalized spacial score (nSPS) is 32.9. The van der Waals surface area contributed by atoms with E-state index in [0.29, 0.717) is 24.1 Å². The minimum Gasteiger partial charge on any atom is -0.311 e. The second kappa shape index (κ2) is 4.81. The van der Waals surface area contributed by atoms with Gasteiger partial charge in [0, 0.05) is 17.9 Å². The third-order valence-electron chi connectivity index (χ3n) is 5.00. The van der Waals surface area contributed by atoms with Crippen molar-refractivity contribution in [1.29, 1.82) is 0 Å². The van der Waals surface area contributed by atoms with Crippen molar-refractivity contribution in [3.63, 3.8) is 0 Å². The maximum absolute atomic E-state index is 12.2. The van der Waals surface area contributed by atoms with Gasteiger partial charge in [-0.25, -0.2) is 13.1 Å². The van der Waals surface area contributed by atoms with E-state index in [1.54, 1.807) is 4.68 Å². The van der Waals surface area contributed by atoms with Gasteiger partial charge in [0.1, 0.15) is 5.82 Å². The molecule has 3 aliphatic rings. The van der Waals surface area contributed by atoms with Crippen LogP contribution in [0.2, 0.25) is 0 Å². The first kappa shape index (κ1) is 14.2. The lowest BCUT2D eigenvalue weighted by molar-refractivity contribution is -0.117. The lowest BCUT2D eigenvalue weighted by Gasteiger charge is -2.13. The van der Waals surface area contributed by atoms with Crippen molar-refractivity contribution >= 4 is 21.6 Å². The van der Waals surface area contributed by atoms with Crippen LogP contribution >= 0.6 is 0 Å². The Morgan fingerprint density at radius 1 is 1.36 bits per heavy atom. The average molecular weight is 323 g/mol. The van der Waals surface area contributed by atoms with E-state index in [1.165, 1.54) is 0 Å². The number of hydrogen-bond acceptors (Lipinski definition) is 4. The fourth-order valence-electron chi connectivity index (χ4n) is 3.24. The molecule has 0 aromatic carbocycles. The van der Waals surface area contributed by atoms with Crippen molar-refractivity contribution in [2.75, 3.05) is 16.8 Å². The minimum atomic E-state index is -2.97. The monoisotopic (exact) mass is 323 g/mol. The van der Waals surface area contributed by atoms with Crippen LogP contribution in [0.3, 0.4) is 0 Å². The molecular formula is C15H21N3O3S. The molecule has 2 aliphatic carbocycles. The minimum absolute atomic E-state index is 0.0388. The topological polar surface area (TPSA) is 81.1 Å². The second-order valence-electron chi connectivity index (χ2n) is 7.04. The second-order valence-corrected chi connectivity index (χ2v) is 9.27. The summed E-state index contributed by atoms with van der Waals surface area (Å²) >= 11 is 0. The van der Waals surface area contributed by atoms with E-state index in [9.17, 15) is 13.2 Å². The Labute approximate surface area is 130 Å². The SMILES string of the molecule is CC1CC1C(=O)Nc1cc(C2CC2)nn1C1CCS(=O)(=O)C1. The molecule has 1 aliphatic heterocycles. The number of aromatic nitrogens is 2. The summed E-state index contributed by atoms with van der Waals surface area (Å²) in [6, 6.07) is 1.79. The molecule has 3 atom stereocenters. The van der Waals surface area contributed by atoms with E-state index < -0.39 is 9.84 Å². The number of carbonyl (C=O) groups excluding carboxylic acids is 1. The van der Waals surface area contributed by atoms with Crippen LogP contribution in [0.1, 0.15) is 50.3 Å². The van der Waals surface area contributed by atoms with Crippen molar-refractivity contribution in [2.45, 2.75) is 44.6 Å². The quantitative estimate of drug-likeness (QED) is 0.914. The van der Waals surface area contributed by atoms with Gasteiger partial charge in [-0.15, -0.1) is 0 Å². The van der Waals surface area contributed by atoms with Crippen molar-refractivity contribution in [3.05, 3.63) is 11.8 Å². The van der Waals surface area contributed by atoms with E-state index in [1.807, 2.05) is 6.07 Å². The Morgan fingerprint density at radius 2 is 2.09 bits per heavy atom. The standard InChI is InChI=1S/C15H21N3O3S/c1-9-6-12(9)15(19)16-14-7-13(10-2-3-10)17-18(14)11-4-5-22(20,21)8-11/h7,9-12H,2-6,8H2,1H3,(H,16,19). The summed E-state index contributed by atoms with van der Waals surface area (Å²) in [5.41, 5.74) is 0.989. The van der Waals surface area contributed by atoms with E-state index in [4.69, 9.17) is 0 Å². The summed E-state index contributed by atoms with van der Waals surface area (Å²) in [6.45, 7) is 2.07. The Hall–Kier alpha value is -1.37. The molecule has 1 aromatic rings. The van der Waals surface area contributed by atoms with Crippen LogP contribution in [0.25, 0.3) is 0 Å². The molecule has 2 saturated carbocycles. The fraction of sp³-hybridized carbons (Fsp3) is 0.733. The first-order valence-electron chi connectivity index (χ1n) is 8.04. The van der Waals surface area contributed by atoms with Gasteiger partial charge in [-0.05, 0) is 31.6 Å². The molecule has 0 spiro atoms. The number of carbonyl (C=O) groups is 1. The summed E-state index contributed by atoms with van der Waals surface area (Å²) in [5.74, 6) is 2.08. The fourth-order valence-corrected chi connectivity index (χ4v) is 4.93. The van der Waals surface area contributed by atoms with Crippen LogP contribution in [-0.2, 0) is 14.6 Å². The van der Waals surface area contributed by atoms with Gasteiger partial charge in [0.05, 0.1) is 23.2 Å². The summed E-state index contributed by atoms with van der Waals surface area (Å²) in [5, 5.41) is 7.59. The Kier molecular flexibility index (Phi) is 3.11. The van der Waals surface area contributed by atoms with E-state index >= 15 is 0 Å². The largest absolute Gasteiger partial charge is 0.311 e. The van der Waals surface area contributed by atoms with Crippen molar-refractivity contribution < 1.29 is 13.2 Å². The zero-order valence-electron chi connectivity index (χ0n) is 12.7. The van der Waals surface area contributed by atoms with Gasteiger partial charge in [-0.1, -0.05) is 6.92 Å². The van der Waals surface area contributed by atoms with E-state index in [0.717, 1.165) is 25.0 Å². The van der Waals surface area contributed by atoms with Gasteiger partial charge in [-0.2, -0.15) is 5.10 Å². The first-order chi connectivity index (χ1) is 10.4. The van der Waals surface area contributed by atoms with Gasteiger partial charge in [0.15, 0.2) is 9.84 Å². The van der Waals surface area contributed by atoms with Crippen LogP contribution in [-0.4, -0.2) is 35.6 Å². The number of nitrogens with one attached hydrogen (secondary N) is 1. The van der Waals surface area contributed by atoms with Gasteiger partial charge in [0.2, 0.25) is 5.91 Å². The zero-order chi connectivity index (χ0) is 15.5. The third kappa shape index (κ3) is 2.66. The lowest BCUT2D eigenvalue weighted by atomic mass is 10.2. The highest BCUT2D eigenvalue weighted by atomic mass is 32.2. The van der Waals surface area contributed by atoms with Crippen LogP contribution in [0.5, 0.6) is 0 Å².